The molecule has 1 N–H and O–H groups in total. The summed E-state index contributed by atoms with van der Waals surface area (Å²) in [5, 5.41) is 2.23. The van der Waals surface area contributed by atoms with Crippen molar-refractivity contribution < 1.29 is 4.74 Å². The van der Waals surface area contributed by atoms with Gasteiger partial charge in [-0.25, -0.2) is 10.4 Å². The zero-order valence-corrected chi connectivity index (χ0v) is 11.0. The minimum Gasteiger partial charge on any atom is -0.379 e. The van der Waals surface area contributed by atoms with Crippen LogP contribution < -0.4 is 5.43 Å². The maximum atomic E-state index is 5.32. The molecule has 2 rings (SSSR count). The highest BCUT2D eigenvalue weighted by Gasteiger charge is 2.13. The lowest BCUT2D eigenvalue weighted by Gasteiger charge is -2.30. The molecule has 16 heavy (non-hydrogen) atoms. The first-order chi connectivity index (χ1) is 7.75. The van der Waals surface area contributed by atoms with E-state index in [1.54, 1.807) is 0 Å². The Bertz CT molecular complexity index is 340. The van der Waals surface area contributed by atoms with E-state index < -0.39 is 0 Å². The number of hydrogen-bond donors (Lipinski definition) is 1. The van der Waals surface area contributed by atoms with Crippen LogP contribution in [-0.4, -0.2) is 31.3 Å². The molecule has 0 radical (unpaired) electrons. The third-order valence-corrected chi connectivity index (χ3v) is 3.23. The molecule has 0 bridgehead atoms. The van der Waals surface area contributed by atoms with Crippen LogP contribution in [0.2, 0.25) is 0 Å². The fraction of sp³-hybridized carbons (Fsp3) is 0.500. The number of rotatable bonds is 3. The lowest BCUT2D eigenvalue weighted by molar-refractivity contribution is 0.00484. The summed E-state index contributed by atoms with van der Waals surface area (Å²) in [6, 6.07) is 8.73. The first-order valence-corrected chi connectivity index (χ1v) is 6.39. The van der Waals surface area contributed by atoms with Gasteiger partial charge < -0.3 is 4.74 Å². The summed E-state index contributed by atoms with van der Waals surface area (Å²) in [4.78, 5) is 0. The number of hydrazine groups is 1. The van der Waals surface area contributed by atoms with E-state index in [0.717, 1.165) is 30.8 Å². The van der Waals surface area contributed by atoms with Crippen molar-refractivity contribution in [3.05, 3.63) is 34.3 Å². The number of nitrogens with one attached hydrogen (secondary N) is 1. The van der Waals surface area contributed by atoms with Gasteiger partial charge in [-0.05, 0) is 24.6 Å². The summed E-state index contributed by atoms with van der Waals surface area (Å²) in [5.41, 5.74) is 4.79. The van der Waals surface area contributed by atoms with E-state index >= 15 is 0 Å². The molecule has 1 aliphatic heterocycles. The normalized spacial score (nSPS) is 19.6. The molecule has 88 valence electrons. The fourth-order valence-corrected chi connectivity index (χ4v) is 2.23. The highest BCUT2D eigenvalue weighted by atomic mass is 79.9. The molecule has 0 aliphatic carbocycles. The lowest BCUT2D eigenvalue weighted by Crippen LogP contribution is -2.46. The number of benzene rings is 1. The van der Waals surface area contributed by atoms with Crippen molar-refractivity contribution in [2.24, 2.45) is 0 Å². The van der Waals surface area contributed by atoms with Gasteiger partial charge in [-0.3, -0.25) is 0 Å². The third kappa shape index (κ3) is 3.28. The highest BCUT2D eigenvalue weighted by Crippen LogP contribution is 2.18. The largest absolute Gasteiger partial charge is 0.379 e. The molecule has 3 nitrogen and oxygen atoms in total. The second-order valence-corrected chi connectivity index (χ2v) is 4.92. The first kappa shape index (κ1) is 12.0. The van der Waals surface area contributed by atoms with Crippen molar-refractivity contribution in [1.82, 2.24) is 10.4 Å². The molecule has 1 heterocycles. The van der Waals surface area contributed by atoms with E-state index in [-0.39, 0.29) is 0 Å². The quantitative estimate of drug-likeness (QED) is 0.922. The Morgan fingerprint density at radius 2 is 2.12 bits per heavy atom. The summed E-state index contributed by atoms with van der Waals surface area (Å²) in [7, 11) is 0. The van der Waals surface area contributed by atoms with Gasteiger partial charge in [-0.1, -0.05) is 28.1 Å². The molecular weight excluding hydrogens is 268 g/mol. The smallest absolute Gasteiger partial charge is 0.0608 e. The lowest BCUT2D eigenvalue weighted by atomic mass is 10.1. The third-order valence-electron chi connectivity index (χ3n) is 2.74. The second kappa shape index (κ2) is 5.77. The maximum Gasteiger partial charge on any atom is 0.0608 e. The van der Waals surface area contributed by atoms with Gasteiger partial charge in [0.1, 0.15) is 0 Å². The Hall–Kier alpha value is -0.420. The molecule has 1 aliphatic rings. The number of nitrogens with zero attached hydrogens (tertiary/aromatic N) is 1. The molecular formula is C12H17BrN2O. The minimum absolute atomic E-state index is 0.329. The van der Waals surface area contributed by atoms with E-state index in [4.69, 9.17) is 4.74 Å². The molecule has 1 aromatic rings. The van der Waals surface area contributed by atoms with Gasteiger partial charge in [0, 0.05) is 23.6 Å². The van der Waals surface area contributed by atoms with Gasteiger partial charge in [0.2, 0.25) is 0 Å². The highest BCUT2D eigenvalue weighted by molar-refractivity contribution is 9.10. The van der Waals surface area contributed by atoms with Crippen molar-refractivity contribution in [2.45, 2.75) is 13.0 Å². The van der Waals surface area contributed by atoms with Crippen LogP contribution in [0.25, 0.3) is 0 Å². The van der Waals surface area contributed by atoms with Crippen LogP contribution in [0.15, 0.2) is 28.7 Å². The predicted octanol–water partition coefficient (Wildman–Crippen LogP) is 2.35. The Balaban J connectivity index is 1.94. The topological polar surface area (TPSA) is 24.5 Å². The molecule has 4 heteroatoms. The number of ether oxygens (including phenoxy) is 1. The molecule has 0 saturated carbocycles. The van der Waals surface area contributed by atoms with Gasteiger partial charge in [-0.15, -0.1) is 0 Å². The average molecular weight is 285 g/mol. The average Bonchev–Trinajstić information content (AvgIpc) is 2.30. The second-order valence-electron chi connectivity index (χ2n) is 4.01. The number of hydrogen-bond acceptors (Lipinski definition) is 3. The molecule has 1 atom stereocenters. The molecule has 1 fully saturated rings. The summed E-state index contributed by atoms with van der Waals surface area (Å²) < 4.78 is 6.44. The van der Waals surface area contributed by atoms with Crippen molar-refractivity contribution in [1.29, 1.82) is 0 Å². The van der Waals surface area contributed by atoms with Crippen molar-refractivity contribution in [3.8, 4) is 0 Å². The molecule has 0 aromatic heterocycles. The summed E-state index contributed by atoms with van der Waals surface area (Å²) >= 11 is 3.49. The molecule has 1 saturated heterocycles. The van der Waals surface area contributed by atoms with E-state index in [1.807, 2.05) is 6.07 Å². The monoisotopic (exact) mass is 284 g/mol. The van der Waals surface area contributed by atoms with Crippen LogP contribution in [0.3, 0.4) is 0 Å². The Morgan fingerprint density at radius 1 is 1.38 bits per heavy atom. The fourth-order valence-electron chi connectivity index (χ4n) is 1.82. The van der Waals surface area contributed by atoms with Gasteiger partial charge in [0.05, 0.1) is 13.2 Å². The number of halogens is 1. The zero-order chi connectivity index (χ0) is 11.4. The van der Waals surface area contributed by atoms with E-state index in [2.05, 4.69) is 51.5 Å². The Morgan fingerprint density at radius 3 is 2.81 bits per heavy atom. The van der Waals surface area contributed by atoms with Gasteiger partial charge in [0.15, 0.2) is 0 Å². The molecule has 0 spiro atoms. The van der Waals surface area contributed by atoms with Crippen LogP contribution >= 0.6 is 15.9 Å². The summed E-state index contributed by atoms with van der Waals surface area (Å²) in [6.07, 6.45) is 0. The summed E-state index contributed by atoms with van der Waals surface area (Å²) in [5.74, 6) is 0. The first-order valence-electron chi connectivity index (χ1n) is 5.60. The van der Waals surface area contributed by atoms with E-state index in [9.17, 15) is 0 Å². The van der Waals surface area contributed by atoms with Crippen molar-refractivity contribution >= 4 is 15.9 Å². The minimum atomic E-state index is 0.329. The van der Waals surface area contributed by atoms with Crippen LogP contribution in [0.4, 0.5) is 0 Å². The van der Waals surface area contributed by atoms with Crippen molar-refractivity contribution in [3.63, 3.8) is 0 Å². The van der Waals surface area contributed by atoms with Gasteiger partial charge >= 0.3 is 0 Å². The van der Waals surface area contributed by atoms with E-state index in [1.165, 1.54) is 5.56 Å². The van der Waals surface area contributed by atoms with Gasteiger partial charge in [-0.2, -0.15) is 0 Å². The van der Waals surface area contributed by atoms with E-state index in [0.29, 0.717) is 6.04 Å². The standard InChI is InChI=1S/C12H17BrN2O/c1-10(11-3-2-4-12(13)9-11)14-15-5-7-16-8-6-15/h2-4,9-10,14H,5-8H2,1H3. The summed E-state index contributed by atoms with van der Waals surface area (Å²) in [6.45, 7) is 5.73. The predicted molar refractivity (Wildman–Crippen MR) is 68.1 cm³/mol. The maximum absolute atomic E-state index is 5.32. The van der Waals surface area contributed by atoms with Crippen molar-refractivity contribution in [2.75, 3.05) is 26.3 Å². The van der Waals surface area contributed by atoms with Crippen LogP contribution in [0.5, 0.6) is 0 Å². The molecule has 0 amide bonds. The molecule has 1 unspecified atom stereocenters. The Kier molecular flexibility index (Phi) is 4.35. The zero-order valence-electron chi connectivity index (χ0n) is 9.45. The van der Waals surface area contributed by atoms with Crippen LogP contribution in [0.1, 0.15) is 18.5 Å². The Labute approximate surface area is 105 Å². The van der Waals surface area contributed by atoms with Crippen LogP contribution in [0, 0.1) is 0 Å². The van der Waals surface area contributed by atoms with Gasteiger partial charge in [0.25, 0.3) is 0 Å². The molecule has 1 aromatic carbocycles. The SMILES string of the molecule is CC(NN1CCOCC1)c1cccc(Br)c1. The van der Waals surface area contributed by atoms with Crippen LogP contribution in [-0.2, 0) is 4.74 Å². The number of morpholine rings is 1.